The Morgan fingerprint density at radius 3 is 2.76 bits per heavy atom. The SMILES string of the molecule is COCC1CCCN1C(=O)c1ccc(C)cc1. The minimum atomic E-state index is 0.129. The molecule has 0 bridgehead atoms. The second-order valence-electron chi connectivity index (χ2n) is 4.62. The summed E-state index contributed by atoms with van der Waals surface area (Å²) in [6.07, 6.45) is 2.12. The van der Waals surface area contributed by atoms with Crippen LogP contribution in [-0.2, 0) is 4.74 Å². The van der Waals surface area contributed by atoms with Crippen molar-refractivity contribution in [1.82, 2.24) is 4.90 Å². The van der Waals surface area contributed by atoms with Gasteiger partial charge in [0.25, 0.3) is 5.91 Å². The van der Waals surface area contributed by atoms with Crippen molar-refractivity contribution in [2.45, 2.75) is 25.8 Å². The lowest BCUT2D eigenvalue weighted by Gasteiger charge is -2.24. The Bertz CT molecular complexity index is 386. The Hall–Kier alpha value is -1.35. The second-order valence-corrected chi connectivity index (χ2v) is 4.62. The fourth-order valence-electron chi connectivity index (χ4n) is 2.33. The molecular weight excluding hydrogens is 214 g/mol. The number of nitrogens with zero attached hydrogens (tertiary/aromatic N) is 1. The summed E-state index contributed by atoms with van der Waals surface area (Å²) in [7, 11) is 1.69. The second kappa shape index (κ2) is 5.32. The molecule has 17 heavy (non-hydrogen) atoms. The van der Waals surface area contributed by atoms with Crippen LogP contribution in [0.15, 0.2) is 24.3 Å². The molecule has 92 valence electrons. The molecule has 0 N–H and O–H groups in total. The number of benzene rings is 1. The van der Waals surface area contributed by atoms with Crippen LogP contribution in [0.1, 0.15) is 28.8 Å². The summed E-state index contributed by atoms with van der Waals surface area (Å²) in [5.41, 5.74) is 1.95. The van der Waals surface area contributed by atoms with Gasteiger partial charge in [-0.2, -0.15) is 0 Å². The molecule has 0 radical (unpaired) electrons. The van der Waals surface area contributed by atoms with Crippen LogP contribution in [-0.4, -0.2) is 37.1 Å². The third-order valence-corrected chi connectivity index (χ3v) is 3.30. The van der Waals surface area contributed by atoms with Crippen LogP contribution < -0.4 is 0 Å². The first kappa shape index (κ1) is 12.1. The number of ether oxygens (including phenoxy) is 1. The predicted octanol–water partition coefficient (Wildman–Crippen LogP) is 2.25. The minimum absolute atomic E-state index is 0.129. The highest BCUT2D eigenvalue weighted by molar-refractivity contribution is 5.94. The molecule has 1 saturated heterocycles. The van der Waals surface area contributed by atoms with Crippen molar-refractivity contribution in [3.63, 3.8) is 0 Å². The van der Waals surface area contributed by atoms with Crippen LogP contribution in [0.3, 0.4) is 0 Å². The van der Waals surface area contributed by atoms with Crippen LogP contribution in [0.4, 0.5) is 0 Å². The van der Waals surface area contributed by atoms with E-state index in [9.17, 15) is 4.79 Å². The van der Waals surface area contributed by atoms with E-state index in [1.807, 2.05) is 36.1 Å². The highest BCUT2D eigenvalue weighted by Gasteiger charge is 2.28. The zero-order valence-corrected chi connectivity index (χ0v) is 10.5. The van der Waals surface area contributed by atoms with Crippen LogP contribution in [0.5, 0.6) is 0 Å². The fraction of sp³-hybridized carbons (Fsp3) is 0.500. The van der Waals surface area contributed by atoms with Crippen molar-refractivity contribution < 1.29 is 9.53 Å². The molecule has 2 rings (SSSR count). The van der Waals surface area contributed by atoms with Crippen molar-refractivity contribution in [3.8, 4) is 0 Å². The van der Waals surface area contributed by atoms with Gasteiger partial charge in [-0.1, -0.05) is 17.7 Å². The molecule has 1 heterocycles. The third kappa shape index (κ3) is 2.67. The average molecular weight is 233 g/mol. The number of hydrogen-bond acceptors (Lipinski definition) is 2. The molecule has 0 aliphatic carbocycles. The molecule has 0 saturated carbocycles. The van der Waals surface area contributed by atoms with Gasteiger partial charge in [0.15, 0.2) is 0 Å². The van der Waals surface area contributed by atoms with Crippen molar-refractivity contribution in [2.24, 2.45) is 0 Å². The normalized spacial score (nSPS) is 19.6. The molecule has 0 spiro atoms. The third-order valence-electron chi connectivity index (χ3n) is 3.30. The van der Waals surface area contributed by atoms with Gasteiger partial charge in [0.2, 0.25) is 0 Å². The molecule has 3 nitrogen and oxygen atoms in total. The number of aryl methyl sites for hydroxylation is 1. The number of likely N-dealkylation sites (tertiary alicyclic amines) is 1. The van der Waals surface area contributed by atoms with Crippen molar-refractivity contribution in [1.29, 1.82) is 0 Å². The molecule has 3 heteroatoms. The molecule has 1 atom stereocenters. The van der Waals surface area contributed by atoms with Crippen molar-refractivity contribution in [3.05, 3.63) is 35.4 Å². The Labute approximate surface area is 102 Å². The monoisotopic (exact) mass is 233 g/mol. The first-order valence-electron chi connectivity index (χ1n) is 6.09. The number of amides is 1. The van der Waals surface area contributed by atoms with E-state index < -0.39 is 0 Å². The fourth-order valence-corrected chi connectivity index (χ4v) is 2.33. The van der Waals surface area contributed by atoms with E-state index >= 15 is 0 Å². The molecule has 1 aliphatic heterocycles. The number of carbonyl (C=O) groups excluding carboxylic acids is 1. The highest BCUT2D eigenvalue weighted by Crippen LogP contribution is 2.20. The number of hydrogen-bond donors (Lipinski definition) is 0. The lowest BCUT2D eigenvalue weighted by molar-refractivity contribution is 0.0630. The van der Waals surface area contributed by atoms with Gasteiger partial charge >= 0.3 is 0 Å². The maximum atomic E-state index is 12.3. The molecule has 0 aromatic heterocycles. The molecule has 1 fully saturated rings. The zero-order chi connectivity index (χ0) is 12.3. The molecule has 1 aromatic carbocycles. The standard InChI is InChI=1S/C14H19NO2/c1-11-5-7-12(8-6-11)14(16)15-9-3-4-13(15)10-17-2/h5-8,13H,3-4,9-10H2,1-2H3. The van der Waals surface area contributed by atoms with Gasteiger partial charge in [-0.05, 0) is 31.9 Å². The molecular formula is C14H19NO2. The Morgan fingerprint density at radius 2 is 2.12 bits per heavy atom. The summed E-state index contributed by atoms with van der Waals surface area (Å²) in [4.78, 5) is 14.3. The van der Waals surface area contributed by atoms with Gasteiger partial charge in [0, 0.05) is 19.2 Å². The van der Waals surface area contributed by atoms with E-state index in [1.165, 1.54) is 5.56 Å². The largest absolute Gasteiger partial charge is 0.383 e. The van der Waals surface area contributed by atoms with Crippen molar-refractivity contribution in [2.75, 3.05) is 20.3 Å². The Kier molecular flexibility index (Phi) is 3.79. The van der Waals surface area contributed by atoms with Gasteiger partial charge in [0.05, 0.1) is 12.6 Å². The summed E-state index contributed by atoms with van der Waals surface area (Å²) < 4.78 is 5.17. The summed E-state index contributed by atoms with van der Waals surface area (Å²) in [5, 5.41) is 0. The van der Waals surface area contributed by atoms with Crippen LogP contribution in [0.2, 0.25) is 0 Å². The summed E-state index contributed by atoms with van der Waals surface area (Å²) >= 11 is 0. The topological polar surface area (TPSA) is 29.5 Å². The van der Waals surface area contributed by atoms with E-state index in [1.54, 1.807) is 7.11 Å². The van der Waals surface area contributed by atoms with Crippen LogP contribution >= 0.6 is 0 Å². The van der Waals surface area contributed by atoms with E-state index in [-0.39, 0.29) is 11.9 Å². The Morgan fingerprint density at radius 1 is 1.41 bits per heavy atom. The first-order chi connectivity index (χ1) is 8.22. The smallest absolute Gasteiger partial charge is 0.254 e. The lowest BCUT2D eigenvalue weighted by atomic mass is 10.1. The average Bonchev–Trinajstić information content (AvgIpc) is 2.78. The summed E-state index contributed by atoms with van der Waals surface area (Å²) in [5.74, 6) is 0.129. The van der Waals surface area contributed by atoms with E-state index in [0.29, 0.717) is 6.61 Å². The molecule has 1 aliphatic rings. The van der Waals surface area contributed by atoms with Gasteiger partial charge in [0.1, 0.15) is 0 Å². The zero-order valence-electron chi connectivity index (χ0n) is 10.5. The van der Waals surface area contributed by atoms with E-state index in [4.69, 9.17) is 4.74 Å². The van der Waals surface area contributed by atoms with Crippen LogP contribution in [0, 0.1) is 6.92 Å². The van der Waals surface area contributed by atoms with E-state index in [0.717, 1.165) is 24.9 Å². The summed E-state index contributed by atoms with van der Waals surface area (Å²) in [6.45, 7) is 3.51. The van der Waals surface area contributed by atoms with Gasteiger partial charge in [-0.3, -0.25) is 4.79 Å². The van der Waals surface area contributed by atoms with Crippen molar-refractivity contribution >= 4 is 5.91 Å². The van der Waals surface area contributed by atoms with Gasteiger partial charge in [-0.25, -0.2) is 0 Å². The Balaban J connectivity index is 2.11. The summed E-state index contributed by atoms with van der Waals surface area (Å²) in [6, 6.07) is 8.01. The number of rotatable bonds is 3. The highest BCUT2D eigenvalue weighted by atomic mass is 16.5. The van der Waals surface area contributed by atoms with E-state index in [2.05, 4.69) is 0 Å². The van der Waals surface area contributed by atoms with Crippen LogP contribution in [0.25, 0.3) is 0 Å². The van der Waals surface area contributed by atoms with Gasteiger partial charge in [-0.15, -0.1) is 0 Å². The minimum Gasteiger partial charge on any atom is -0.383 e. The maximum Gasteiger partial charge on any atom is 0.254 e. The predicted molar refractivity (Wildman–Crippen MR) is 67.1 cm³/mol. The number of methoxy groups -OCH3 is 1. The molecule has 1 aromatic rings. The quantitative estimate of drug-likeness (QED) is 0.801. The lowest BCUT2D eigenvalue weighted by Crippen LogP contribution is -2.38. The molecule has 1 unspecified atom stereocenters. The first-order valence-corrected chi connectivity index (χ1v) is 6.09. The number of carbonyl (C=O) groups is 1. The maximum absolute atomic E-state index is 12.3. The molecule has 1 amide bonds. The van der Waals surface area contributed by atoms with Gasteiger partial charge < -0.3 is 9.64 Å².